The molecule has 4 heteroatoms. The first-order chi connectivity index (χ1) is 7.77. The molecule has 1 aromatic carbocycles. The van der Waals surface area contributed by atoms with Crippen molar-refractivity contribution >= 4 is 12.2 Å². The summed E-state index contributed by atoms with van der Waals surface area (Å²) < 4.78 is 2.75. The first-order valence-electron chi connectivity index (χ1n) is 5.43. The number of aromatic amines is 1. The third kappa shape index (κ3) is 2.58. The Balaban J connectivity index is 1.92. The van der Waals surface area contributed by atoms with E-state index in [4.69, 9.17) is 12.2 Å². The average molecular weight is 233 g/mol. The van der Waals surface area contributed by atoms with E-state index in [-0.39, 0.29) is 0 Å². The Hall–Kier alpha value is -1.42. The maximum Gasteiger partial charge on any atom is 0.195 e. The number of aromatic nitrogens is 3. The normalized spacial score (nSPS) is 10.6. The van der Waals surface area contributed by atoms with Crippen LogP contribution in [-0.4, -0.2) is 14.8 Å². The molecule has 0 saturated heterocycles. The smallest absolute Gasteiger partial charge is 0.195 e. The van der Waals surface area contributed by atoms with Crippen LogP contribution in [0, 0.1) is 11.7 Å². The summed E-state index contributed by atoms with van der Waals surface area (Å²) in [5, 5.41) is 6.89. The number of hydrogen-bond donors (Lipinski definition) is 1. The quantitative estimate of drug-likeness (QED) is 0.824. The van der Waals surface area contributed by atoms with E-state index in [2.05, 4.69) is 34.5 Å². The van der Waals surface area contributed by atoms with Crippen LogP contribution in [0.3, 0.4) is 0 Å². The highest BCUT2D eigenvalue weighted by Gasteiger charge is 2.00. The van der Waals surface area contributed by atoms with Gasteiger partial charge in [-0.15, -0.1) is 0 Å². The maximum absolute atomic E-state index is 5.15. The minimum absolute atomic E-state index is 0.713. The van der Waals surface area contributed by atoms with Crippen molar-refractivity contribution in [3.05, 3.63) is 46.5 Å². The molecule has 84 valence electrons. The number of nitrogens with zero attached hydrogens (tertiary/aromatic N) is 2. The Bertz CT molecular complexity index is 498. The molecule has 0 unspecified atom stereocenters. The van der Waals surface area contributed by atoms with Crippen molar-refractivity contribution in [3.8, 4) is 0 Å². The lowest BCUT2D eigenvalue weighted by molar-refractivity contribution is 0.619. The molecule has 2 aromatic rings. The van der Waals surface area contributed by atoms with Crippen molar-refractivity contribution < 1.29 is 0 Å². The van der Waals surface area contributed by atoms with Gasteiger partial charge in [0.2, 0.25) is 0 Å². The summed E-state index contributed by atoms with van der Waals surface area (Å²) in [6, 6.07) is 10.5. The highest BCUT2D eigenvalue weighted by molar-refractivity contribution is 7.71. The zero-order chi connectivity index (χ0) is 11.4. The average Bonchev–Trinajstić information content (AvgIpc) is 2.62. The van der Waals surface area contributed by atoms with E-state index < -0.39 is 0 Å². The van der Waals surface area contributed by atoms with Crippen molar-refractivity contribution in [1.82, 2.24) is 14.8 Å². The van der Waals surface area contributed by atoms with E-state index in [1.54, 1.807) is 0 Å². The van der Waals surface area contributed by atoms with Crippen LogP contribution in [0.15, 0.2) is 30.3 Å². The Morgan fingerprint density at radius 1 is 1.31 bits per heavy atom. The van der Waals surface area contributed by atoms with Gasteiger partial charge < -0.3 is 4.57 Å². The second-order valence-electron chi connectivity index (χ2n) is 3.82. The molecule has 16 heavy (non-hydrogen) atoms. The molecule has 0 spiro atoms. The zero-order valence-corrected chi connectivity index (χ0v) is 10.1. The molecular weight excluding hydrogens is 218 g/mol. The molecule has 1 N–H and O–H groups in total. The predicted octanol–water partition coefficient (Wildman–Crippen LogP) is 2.88. The summed E-state index contributed by atoms with van der Waals surface area (Å²) in [4.78, 5) is 0. The highest BCUT2D eigenvalue weighted by Crippen LogP contribution is 2.05. The van der Waals surface area contributed by atoms with Crippen LogP contribution >= 0.6 is 12.2 Å². The molecular formula is C12H15N3S. The molecule has 0 aliphatic carbocycles. The van der Waals surface area contributed by atoms with Gasteiger partial charge in [-0.25, -0.2) is 0 Å². The molecule has 0 aliphatic rings. The zero-order valence-electron chi connectivity index (χ0n) is 9.31. The SMILES string of the molecule is Cc1n[nH]c(=S)n1CCCc1ccccc1. The van der Waals surface area contributed by atoms with Gasteiger partial charge >= 0.3 is 0 Å². The number of rotatable bonds is 4. The van der Waals surface area contributed by atoms with Crippen LogP contribution in [0.25, 0.3) is 0 Å². The van der Waals surface area contributed by atoms with Crippen LogP contribution in [-0.2, 0) is 13.0 Å². The topological polar surface area (TPSA) is 33.6 Å². The van der Waals surface area contributed by atoms with Gasteiger partial charge in [0.25, 0.3) is 0 Å². The largest absolute Gasteiger partial charge is 0.304 e. The van der Waals surface area contributed by atoms with Gasteiger partial charge in [0.1, 0.15) is 5.82 Å². The van der Waals surface area contributed by atoms with Gasteiger partial charge in [0, 0.05) is 6.54 Å². The first kappa shape index (κ1) is 11.1. The van der Waals surface area contributed by atoms with Crippen LogP contribution in [0.2, 0.25) is 0 Å². The van der Waals surface area contributed by atoms with Gasteiger partial charge in [0.15, 0.2) is 4.77 Å². The van der Waals surface area contributed by atoms with E-state index in [0.717, 1.165) is 25.2 Å². The fourth-order valence-electron chi connectivity index (χ4n) is 1.75. The van der Waals surface area contributed by atoms with Crippen LogP contribution in [0.5, 0.6) is 0 Å². The number of H-pyrrole nitrogens is 1. The molecule has 0 bridgehead atoms. The minimum Gasteiger partial charge on any atom is -0.304 e. The van der Waals surface area contributed by atoms with Crippen molar-refractivity contribution in [2.24, 2.45) is 0 Å². The predicted molar refractivity (Wildman–Crippen MR) is 66.9 cm³/mol. The van der Waals surface area contributed by atoms with Gasteiger partial charge in [0.05, 0.1) is 0 Å². The lowest BCUT2D eigenvalue weighted by Crippen LogP contribution is -2.02. The molecule has 0 amide bonds. The fraction of sp³-hybridized carbons (Fsp3) is 0.333. The Morgan fingerprint density at radius 3 is 2.69 bits per heavy atom. The Morgan fingerprint density at radius 2 is 2.06 bits per heavy atom. The molecule has 3 nitrogen and oxygen atoms in total. The number of benzene rings is 1. The van der Waals surface area contributed by atoms with Gasteiger partial charge in [-0.3, -0.25) is 5.10 Å². The molecule has 0 radical (unpaired) electrons. The molecule has 1 heterocycles. The number of nitrogens with one attached hydrogen (secondary N) is 1. The van der Waals surface area contributed by atoms with E-state index in [9.17, 15) is 0 Å². The van der Waals surface area contributed by atoms with Gasteiger partial charge in [-0.1, -0.05) is 30.3 Å². The van der Waals surface area contributed by atoms with Gasteiger partial charge in [-0.05, 0) is 37.5 Å². The standard InChI is InChI=1S/C12H15N3S/c1-10-13-14-12(16)15(10)9-5-8-11-6-3-2-4-7-11/h2-4,6-7H,5,8-9H2,1H3,(H,14,16). The lowest BCUT2D eigenvalue weighted by atomic mass is 10.1. The Labute approximate surface area is 100 Å². The second kappa shape index (κ2) is 5.07. The summed E-state index contributed by atoms with van der Waals surface area (Å²) in [6.07, 6.45) is 2.16. The van der Waals surface area contributed by atoms with Crippen LogP contribution in [0.4, 0.5) is 0 Å². The lowest BCUT2D eigenvalue weighted by Gasteiger charge is -2.04. The van der Waals surface area contributed by atoms with E-state index >= 15 is 0 Å². The second-order valence-corrected chi connectivity index (χ2v) is 4.20. The Kier molecular flexibility index (Phi) is 3.51. The molecule has 0 atom stereocenters. The van der Waals surface area contributed by atoms with Crippen LogP contribution < -0.4 is 0 Å². The molecule has 0 aliphatic heterocycles. The van der Waals surface area contributed by atoms with Crippen LogP contribution in [0.1, 0.15) is 17.8 Å². The summed E-state index contributed by atoms with van der Waals surface area (Å²) in [6.45, 7) is 2.89. The first-order valence-corrected chi connectivity index (χ1v) is 5.84. The molecule has 0 fully saturated rings. The summed E-state index contributed by atoms with van der Waals surface area (Å²) in [7, 11) is 0. The molecule has 1 aromatic heterocycles. The molecule has 0 saturated carbocycles. The van der Waals surface area contributed by atoms with E-state index in [1.165, 1.54) is 5.56 Å². The van der Waals surface area contributed by atoms with Gasteiger partial charge in [-0.2, -0.15) is 5.10 Å². The van der Waals surface area contributed by atoms with E-state index in [0.29, 0.717) is 4.77 Å². The third-order valence-corrected chi connectivity index (χ3v) is 2.95. The maximum atomic E-state index is 5.15. The third-order valence-electron chi connectivity index (χ3n) is 2.64. The highest BCUT2D eigenvalue weighted by atomic mass is 32.1. The number of hydrogen-bond acceptors (Lipinski definition) is 2. The summed E-state index contributed by atoms with van der Waals surface area (Å²) in [5.74, 6) is 0.957. The van der Waals surface area contributed by atoms with Crippen molar-refractivity contribution in [2.75, 3.05) is 0 Å². The fourth-order valence-corrected chi connectivity index (χ4v) is 2.01. The molecule has 2 rings (SSSR count). The summed E-state index contributed by atoms with van der Waals surface area (Å²) >= 11 is 5.15. The minimum atomic E-state index is 0.713. The van der Waals surface area contributed by atoms with Crippen molar-refractivity contribution in [2.45, 2.75) is 26.3 Å². The monoisotopic (exact) mass is 233 g/mol. The summed E-state index contributed by atoms with van der Waals surface area (Å²) in [5.41, 5.74) is 1.37. The van der Waals surface area contributed by atoms with Crippen molar-refractivity contribution in [1.29, 1.82) is 0 Å². The number of aryl methyl sites for hydroxylation is 2. The van der Waals surface area contributed by atoms with Crippen molar-refractivity contribution in [3.63, 3.8) is 0 Å². The van der Waals surface area contributed by atoms with E-state index in [1.807, 2.05) is 17.6 Å².